The molecule has 1 heterocycles. The third-order valence-electron chi connectivity index (χ3n) is 3.62. The van der Waals surface area contributed by atoms with Gasteiger partial charge in [0.15, 0.2) is 0 Å². The number of amides is 1. The number of carbonyl (C=O) groups excluding carboxylic acids is 2. The first-order chi connectivity index (χ1) is 12.0. The molecule has 0 bridgehead atoms. The van der Waals surface area contributed by atoms with Crippen LogP contribution in [-0.2, 0) is 4.74 Å². The first kappa shape index (κ1) is 18.4. The fourth-order valence-corrected chi connectivity index (χ4v) is 2.13. The lowest BCUT2D eigenvalue weighted by Crippen LogP contribution is -2.13. The van der Waals surface area contributed by atoms with Crippen molar-refractivity contribution in [2.24, 2.45) is 5.92 Å². The van der Waals surface area contributed by atoms with Crippen molar-refractivity contribution in [1.29, 1.82) is 0 Å². The van der Waals surface area contributed by atoms with Crippen molar-refractivity contribution in [1.82, 2.24) is 4.98 Å². The molecule has 0 aliphatic rings. The molecule has 0 radical (unpaired) electrons. The molecular formula is C19H23N3O3. The molecule has 0 spiro atoms. The number of pyridine rings is 1. The second kappa shape index (κ2) is 8.82. The van der Waals surface area contributed by atoms with Crippen molar-refractivity contribution in [3.63, 3.8) is 0 Å². The Morgan fingerprint density at radius 3 is 2.32 bits per heavy atom. The molecule has 0 saturated heterocycles. The Morgan fingerprint density at radius 1 is 1.08 bits per heavy atom. The molecule has 2 aromatic rings. The Kier molecular flexibility index (Phi) is 6.51. The maximum absolute atomic E-state index is 12.2. The van der Waals surface area contributed by atoms with Gasteiger partial charge in [-0.15, -0.1) is 0 Å². The molecule has 0 atom stereocenters. The van der Waals surface area contributed by atoms with Crippen LogP contribution in [0, 0.1) is 5.92 Å². The Bertz CT molecular complexity index is 710. The number of hydrogen-bond donors (Lipinski definition) is 2. The van der Waals surface area contributed by atoms with Crippen LogP contribution in [0.5, 0.6) is 0 Å². The van der Waals surface area contributed by atoms with Gasteiger partial charge in [0.05, 0.1) is 18.2 Å². The summed E-state index contributed by atoms with van der Waals surface area (Å²) in [5, 5.41) is 6.00. The first-order valence-corrected chi connectivity index (χ1v) is 8.19. The second-order valence-electron chi connectivity index (χ2n) is 6.06. The van der Waals surface area contributed by atoms with Gasteiger partial charge in [-0.05, 0) is 48.7 Å². The Hall–Kier alpha value is -2.89. The molecule has 0 aliphatic heterocycles. The van der Waals surface area contributed by atoms with Crippen LogP contribution in [0.2, 0.25) is 0 Å². The summed E-state index contributed by atoms with van der Waals surface area (Å²) in [4.78, 5) is 27.9. The van der Waals surface area contributed by atoms with Crippen LogP contribution in [0.25, 0.3) is 0 Å². The maximum Gasteiger partial charge on any atom is 0.337 e. The number of carbonyl (C=O) groups is 2. The number of nitrogens with zero attached hydrogens (tertiary/aromatic N) is 1. The number of hydrogen-bond acceptors (Lipinski definition) is 5. The lowest BCUT2D eigenvalue weighted by molar-refractivity contribution is 0.0600. The van der Waals surface area contributed by atoms with Gasteiger partial charge in [-0.3, -0.25) is 4.79 Å². The van der Waals surface area contributed by atoms with Crippen molar-refractivity contribution in [2.45, 2.75) is 20.3 Å². The zero-order valence-corrected chi connectivity index (χ0v) is 14.7. The van der Waals surface area contributed by atoms with E-state index in [9.17, 15) is 9.59 Å². The van der Waals surface area contributed by atoms with Gasteiger partial charge in [-0.1, -0.05) is 13.8 Å². The van der Waals surface area contributed by atoms with E-state index >= 15 is 0 Å². The van der Waals surface area contributed by atoms with Crippen LogP contribution >= 0.6 is 0 Å². The van der Waals surface area contributed by atoms with E-state index in [2.05, 4.69) is 34.2 Å². The Balaban J connectivity index is 1.93. The van der Waals surface area contributed by atoms with Gasteiger partial charge >= 0.3 is 5.97 Å². The smallest absolute Gasteiger partial charge is 0.337 e. The van der Waals surface area contributed by atoms with E-state index in [-0.39, 0.29) is 5.91 Å². The summed E-state index contributed by atoms with van der Waals surface area (Å²) in [7, 11) is 1.33. The van der Waals surface area contributed by atoms with E-state index in [4.69, 9.17) is 0 Å². The van der Waals surface area contributed by atoms with Gasteiger partial charge in [0.1, 0.15) is 5.82 Å². The van der Waals surface area contributed by atoms with Crippen molar-refractivity contribution in [2.75, 3.05) is 24.3 Å². The monoisotopic (exact) mass is 341 g/mol. The molecule has 1 amide bonds. The predicted octanol–water partition coefficient (Wildman–Crippen LogP) is 3.58. The normalized spacial score (nSPS) is 10.4. The van der Waals surface area contributed by atoms with Crippen LogP contribution in [0.15, 0.2) is 42.6 Å². The molecule has 6 heteroatoms. The van der Waals surface area contributed by atoms with E-state index < -0.39 is 5.97 Å². The lowest BCUT2D eigenvalue weighted by atomic mass is 10.1. The standard InChI is InChI=1S/C19H23N3O3/c1-13(2)10-11-20-17-9-6-15(12-21-17)18(23)22-16-7-4-14(5-8-16)19(24)25-3/h4-9,12-13H,10-11H2,1-3H3,(H,20,21)(H,22,23). The largest absolute Gasteiger partial charge is 0.465 e. The summed E-state index contributed by atoms with van der Waals surface area (Å²) in [5.41, 5.74) is 1.49. The molecule has 0 unspecified atom stereocenters. The molecular weight excluding hydrogens is 318 g/mol. The topological polar surface area (TPSA) is 80.3 Å². The van der Waals surface area contributed by atoms with Crippen LogP contribution in [0.1, 0.15) is 41.0 Å². The molecule has 6 nitrogen and oxygen atoms in total. The number of benzene rings is 1. The average molecular weight is 341 g/mol. The maximum atomic E-state index is 12.2. The van der Waals surface area contributed by atoms with E-state index in [1.54, 1.807) is 36.4 Å². The number of anilines is 2. The van der Waals surface area contributed by atoms with E-state index in [1.807, 2.05) is 0 Å². The third-order valence-corrected chi connectivity index (χ3v) is 3.62. The van der Waals surface area contributed by atoms with E-state index in [1.165, 1.54) is 13.3 Å². The highest BCUT2D eigenvalue weighted by Crippen LogP contribution is 2.13. The van der Waals surface area contributed by atoms with Gasteiger partial charge in [-0.25, -0.2) is 9.78 Å². The average Bonchev–Trinajstić information content (AvgIpc) is 2.62. The highest BCUT2D eigenvalue weighted by Gasteiger charge is 2.09. The number of aromatic nitrogens is 1. The van der Waals surface area contributed by atoms with Crippen LogP contribution in [0.3, 0.4) is 0 Å². The summed E-state index contributed by atoms with van der Waals surface area (Å²) < 4.78 is 4.64. The van der Waals surface area contributed by atoms with E-state index in [0.29, 0.717) is 22.7 Å². The fourth-order valence-electron chi connectivity index (χ4n) is 2.13. The SMILES string of the molecule is COC(=O)c1ccc(NC(=O)c2ccc(NCCC(C)C)nc2)cc1. The Labute approximate surface area is 147 Å². The Morgan fingerprint density at radius 2 is 1.76 bits per heavy atom. The third kappa shape index (κ3) is 5.60. The zero-order valence-electron chi connectivity index (χ0n) is 14.7. The molecule has 1 aromatic heterocycles. The molecule has 1 aromatic carbocycles. The number of methoxy groups -OCH3 is 1. The summed E-state index contributed by atoms with van der Waals surface area (Å²) >= 11 is 0. The minimum atomic E-state index is -0.414. The first-order valence-electron chi connectivity index (χ1n) is 8.19. The van der Waals surface area contributed by atoms with Crippen LogP contribution < -0.4 is 10.6 Å². The molecule has 0 fully saturated rings. The number of nitrogens with one attached hydrogen (secondary N) is 2. The van der Waals surface area contributed by atoms with Gasteiger partial charge in [0, 0.05) is 18.4 Å². The summed E-state index contributed by atoms with van der Waals surface area (Å²) in [6, 6.07) is 10.0. The summed E-state index contributed by atoms with van der Waals surface area (Å²) in [5.74, 6) is 0.706. The number of esters is 1. The quantitative estimate of drug-likeness (QED) is 0.753. The predicted molar refractivity (Wildman–Crippen MR) is 97.9 cm³/mol. The molecule has 0 saturated carbocycles. The van der Waals surface area contributed by atoms with Crippen molar-refractivity contribution in [3.8, 4) is 0 Å². The molecule has 25 heavy (non-hydrogen) atoms. The lowest BCUT2D eigenvalue weighted by Gasteiger charge is -2.09. The molecule has 2 rings (SSSR count). The highest BCUT2D eigenvalue weighted by atomic mass is 16.5. The van der Waals surface area contributed by atoms with Crippen LogP contribution in [0.4, 0.5) is 11.5 Å². The van der Waals surface area contributed by atoms with Crippen LogP contribution in [-0.4, -0.2) is 30.5 Å². The molecule has 2 N–H and O–H groups in total. The zero-order chi connectivity index (χ0) is 18.2. The van der Waals surface area contributed by atoms with Crippen molar-refractivity contribution >= 4 is 23.4 Å². The summed E-state index contributed by atoms with van der Waals surface area (Å²) in [6.07, 6.45) is 2.60. The van der Waals surface area contributed by atoms with Gasteiger partial charge in [0.2, 0.25) is 0 Å². The minimum Gasteiger partial charge on any atom is -0.465 e. The van der Waals surface area contributed by atoms with E-state index in [0.717, 1.165) is 18.8 Å². The van der Waals surface area contributed by atoms with Crippen molar-refractivity contribution in [3.05, 3.63) is 53.7 Å². The van der Waals surface area contributed by atoms with Gasteiger partial charge in [0.25, 0.3) is 5.91 Å². The second-order valence-corrected chi connectivity index (χ2v) is 6.06. The summed E-state index contributed by atoms with van der Waals surface area (Å²) in [6.45, 7) is 5.18. The number of rotatable bonds is 7. The molecule has 132 valence electrons. The van der Waals surface area contributed by atoms with Crippen molar-refractivity contribution < 1.29 is 14.3 Å². The van der Waals surface area contributed by atoms with Gasteiger partial charge in [-0.2, -0.15) is 0 Å². The van der Waals surface area contributed by atoms with Gasteiger partial charge < -0.3 is 15.4 Å². The fraction of sp³-hybridized carbons (Fsp3) is 0.316. The number of ether oxygens (including phenoxy) is 1. The highest BCUT2D eigenvalue weighted by molar-refractivity contribution is 6.04. The minimum absolute atomic E-state index is 0.257. The molecule has 0 aliphatic carbocycles.